The summed E-state index contributed by atoms with van der Waals surface area (Å²) in [5.74, 6) is 0.0212. The summed E-state index contributed by atoms with van der Waals surface area (Å²) in [6.45, 7) is 1.72. The van der Waals surface area contributed by atoms with E-state index in [1.165, 1.54) is 12.1 Å². The molecular weight excluding hydrogens is 298 g/mol. The smallest absolute Gasteiger partial charge is 0.305 e. The Balaban J connectivity index is 1.63. The van der Waals surface area contributed by atoms with Gasteiger partial charge in [0.05, 0.1) is 0 Å². The molecule has 0 fully saturated rings. The van der Waals surface area contributed by atoms with E-state index < -0.39 is 11.8 Å². The average Bonchev–Trinajstić information content (AvgIpc) is 3.22. The topological polar surface area (TPSA) is 97.4 Å². The van der Waals surface area contributed by atoms with Gasteiger partial charge in [-0.1, -0.05) is 35.5 Å². The van der Waals surface area contributed by atoms with E-state index >= 15 is 0 Å². The molecule has 0 unspecified atom stereocenters. The molecule has 23 heavy (non-hydrogen) atoms. The Labute approximate surface area is 131 Å². The van der Waals surface area contributed by atoms with Crippen molar-refractivity contribution in [3.63, 3.8) is 0 Å². The number of aryl methyl sites for hydroxylation is 1. The molecule has 3 aromatic rings. The maximum absolute atomic E-state index is 12.0. The fourth-order valence-electron chi connectivity index (χ4n) is 1.92. The van der Waals surface area contributed by atoms with E-state index in [1.54, 1.807) is 13.0 Å². The fourth-order valence-corrected chi connectivity index (χ4v) is 1.92. The third-order valence-corrected chi connectivity index (χ3v) is 3.05. The van der Waals surface area contributed by atoms with Crippen molar-refractivity contribution in [1.82, 2.24) is 16.0 Å². The monoisotopic (exact) mass is 311 g/mol. The quantitative estimate of drug-likeness (QED) is 0.723. The second kappa shape index (κ2) is 6.18. The van der Waals surface area contributed by atoms with Gasteiger partial charge in [0.25, 0.3) is 5.91 Å². The van der Waals surface area contributed by atoms with Crippen LogP contribution in [-0.2, 0) is 0 Å². The normalized spacial score (nSPS) is 10.3. The van der Waals surface area contributed by atoms with Crippen molar-refractivity contribution < 1.29 is 18.5 Å². The van der Waals surface area contributed by atoms with E-state index in [1.807, 2.05) is 30.3 Å². The highest BCUT2D eigenvalue weighted by Gasteiger charge is 2.16. The van der Waals surface area contributed by atoms with Gasteiger partial charge in [0.15, 0.2) is 17.2 Å². The van der Waals surface area contributed by atoms with Crippen LogP contribution in [0.5, 0.6) is 0 Å². The molecule has 2 N–H and O–H groups in total. The molecule has 0 bridgehead atoms. The second-order valence-corrected chi connectivity index (χ2v) is 4.76. The third kappa shape index (κ3) is 3.29. The second-order valence-electron chi connectivity index (χ2n) is 4.76. The number of amides is 2. The number of nitrogens with one attached hydrogen (secondary N) is 2. The standard InChI is InChI=1S/C16H13N3O4/c1-10-7-8-13(22-10)16(21)18-17-15(20)12-9-14(23-19-12)11-5-3-2-4-6-11/h2-9H,1H3,(H,17,20)(H,18,21). The molecule has 3 rings (SSSR count). The van der Waals surface area contributed by atoms with E-state index in [0.717, 1.165) is 5.56 Å². The third-order valence-electron chi connectivity index (χ3n) is 3.05. The molecule has 0 radical (unpaired) electrons. The summed E-state index contributed by atoms with van der Waals surface area (Å²) in [6.07, 6.45) is 0. The van der Waals surface area contributed by atoms with Gasteiger partial charge in [-0.3, -0.25) is 20.4 Å². The molecule has 7 heteroatoms. The summed E-state index contributed by atoms with van der Waals surface area (Å²) in [5.41, 5.74) is 5.35. The van der Waals surface area contributed by atoms with Crippen molar-refractivity contribution in [1.29, 1.82) is 0 Å². The van der Waals surface area contributed by atoms with Crippen LogP contribution in [-0.4, -0.2) is 17.0 Å². The highest BCUT2D eigenvalue weighted by atomic mass is 16.5. The summed E-state index contributed by atoms with van der Waals surface area (Å²) >= 11 is 0. The van der Waals surface area contributed by atoms with Crippen molar-refractivity contribution in [2.45, 2.75) is 6.92 Å². The van der Waals surface area contributed by atoms with Crippen molar-refractivity contribution in [3.8, 4) is 11.3 Å². The Morgan fingerprint density at radius 2 is 1.74 bits per heavy atom. The molecule has 0 aliphatic carbocycles. The van der Waals surface area contributed by atoms with Crippen LogP contribution >= 0.6 is 0 Å². The average molecular weight is 311 g/mol. The Kier molecular flexibility index (Phi) is 3.92. The molecule has 2 amide bonds. The minimum absolute atomic E-state index is 0.0554. The molecule has 116 valence electrons. The van der Waals surface area contributed by atoms with Crippen molar-refractivity contribution in [2.24, 2.45) is 0 Å². The maximum atomic E-state index is 12.0. The molecule has 0 saturated carbocycles. The SMILES string of the molecule is Cc1ccc(C(=O)NNC(=O)c2cc(-c3ccccc3)on2)o1. The summed E-state index contributed by atoms with van der Waals surface area (Å²) in [5, 5.41) is 3.69. The van der Waals surface area contributed by atoms with E-state index in [9.17, 15) is 9.59 Å². The van der Waals surface area contributed by atoms with Crippen molar-refractivity contribution in [3.05, 3.63) is 65.7 Å². The van der Waals surface area contributed by atoms with Crippen LogP contribution in [0.4, 0.5) is 0 Å². The first-order valence-corrected chi connectivity index (χ1v) is 6.83. The van der Waals surface area contributed by atoms with E-state index in [-0.39, 0.29) is 11.5 Å². The predicted octanol–water partition coefficient (Wildman–Crippen LogP) is 2.32. The van der Waals surface area contributed by atoms with Crippen LogP contribution in [0.2, 0.25) is 0 Å². The van der Waals surface area contributed by atoms with E-state index in [0.29, 0.717) is 11.5 Å². The van der Waals surface area contributed by atoms with Gasteiger partial charge < -0.3 is 8.94 Å². The fraction of sp³-hybridized carbons (Fsp3) is 0.0625. The number of benzene rings is 1. The molecule has 0 aliphatic rings. The van der Waals surface area contributed by atoms with Gasteiger partial charge >= 0.3 is 5.91 Å². The van der Waals surface area contributed by atoms with Crippen LogP contribution in [0, 0.1) is 6.92 Å². The van der Waals surface area contributed by atoms with Gasteiger partial charge in [-0.05, 0) is 19.1 Å². The molecule has 2 heterocycles. The van der Waals surface area contributed by atoms with Crippen LogP contribution in [0.15, 0.2) is 57.5 Å². The van der Waals surface area contributed by atoms with Crippen molar-refractivity contribution >= 4 is 11.8 Å². The summed E-state index contributed by atoms with van der Waals surface area (Å²) in [6, 6.07) is 13.9. The predicted molar refractivity (Wildman–Crippen MR) is 80.3 cm³/mol. The first-order valence-electron chi connectivity index (χ1n) is 6.83. The molecule has 0 saturated heterocycles. The number of aromatic nitrogens is 1. The molecular formula is C16H13N3O4. The Morgan fingerprint density at radius 3 is 2.43 bits per heavy atom. The minimum atomic E-state index is -0.590. The number of carbonyl (C=O) groups excluding carboxylic acids is 2. The Hall–Kier alpha value is -3.35. The lowest BCUT2D eigenvalue weighted by Crippen LogP contribution is -2.41. The number of hydrogen-bond acceptors (Lipinski definition) is 5. The Bertz CT molecular complexity index is 836. The molecule has 0 atom stereocenters. The number of furan rings is 1. The lowest BCUT2D eigenvalue weighted by atomic mass is 10.1. The maximum Gasteiger partial charge on any atom is 0.305 e. The van der Waals surface area contributed by atoms with Crippen LogP contribution in [0.1, 0.15) is 26.8 Å². The van der Waals surface area contributed by atoms with Gasteiger partial charge in [0.2, 0.25) is 0 Å². The summed E-state index contributed by atoms with van der Waals surface area (Å²) in [7, 11) is 0. The van der Waals surface area contributed by atoms with Crippen molar-refractivity contribution in [2.75, 3.05) is 0 Å². The first kappa shape index (κ1) is 14.6. The van der Waals surface area contributed by atoms with E-state index in [2.05, 4.69) is 16.0 Å². The van der Waals surface area contributed by atoms with Crippen LogP contribution in [0.25, 0.3) is 11.3 Å². The summed E-state index contributed by atoms with van der Waals surface area (Å²) < 4.78 is 10.3. The summed E-state index contributed by atoms with van der Waals surface area (Å²) in [4.78, 5) is 23.7. The number of rotatable bonds is 3. The van der Waals surface area contributed by atoms with Gasteiger partial charge in [-0.15, -0.1) is 0 Å². The largest absolute Gasteiger partial charge is 0.456 e. The highest BCUT2D eigenvalue weighted by Crippen LogP contribution is 2.19. The highest BCUT2D eigenvalue weighted by molar-refractivity contribution is 5.97. The number of hydrogen-bond donors (Lipinski definition) is 2. The van der Waals surface area contributed by atoms with Crippen LogP contribution < -0.4 is 10.9 Å². The molecule has 0 aliphatic heterocycles. The first-order chi connectivity index (χ1) is 11.1. The lowest BCUT2D eigenvalue weighted by Gasteiger charge is -2.03. The molecule has 2 aromatic heterocycles. The van der Waals surface area contributed by atoms with Gasteiger partial charge in [0.1, 0.15) is 5.76 Å². The zero-order valence-corrected chi connectivity index (χ0v) is 12.2. The lowest BCUT2D eigenvalue weighted by molar-refractivity contribution is 0.0825. The van der Waals surface area contributed by atoms with Gasteiger partial charge in [0, 0.05) is 11.6 Å². The number of nitrogens with zero attached hydrogens (tertiary/aromatic N) is 1. The van der Waals surface area contributed by atoms with Gasteiger partial charge in [-0.2, -0.15) is 0 Å². The number of hydrazine groups is 1. The molecule has 7 nitrogen and oxygen atoms in total. The Morgan fingerprint density at radius 1 is 1.00 bits per heavy atom. The number of carbonyl (C=O) groups is 2. The molecule has 0 spiro atoms. The minimum Gasteiger partial charge on any atom is -0.456 e. The van der Waals surface area contributed by atoms with E-state index in [4.69, 9.17) is 8.94 Å². The van der Waals surface area contributed by atoms with Crippen LogP contribution in [0.3, 0.4) is 0 Å². The molecule has 1 aromatic carbocycles. The zero-order chi connectivity index (χ0) is 16.2. The van der Waals surface area contributed by atoms with Gasteiger partial charge in [-0.25, -0.2) is 0 Å². The zero-order valence-electron chi connectivity index (χ0n) is 12.2.